The molecule has 0 saturated heterocycles. The normalized spacial score (nSPS) is 9.47. The fourth-order valence-electron chi connectivity index (χ4n) is 0.869. The van der Waals surface area contributed by atoms with Crippen molar-refractivity contribution in [2.45, 2.75) is 20.3 Å². The summed E-state index contributed by atoms with van der Waals surface area (Å²) in [7, 11) is 0. The van der Waals surface area contributed by atoms with Crippen LogP contribution in [0.1, 0.15) is 20.3 Å². The Morgan fingerprint density at radius 3 is 2.13 bits per heavy atom. The molecule has 1 rings (SSSR count). The number of aromatic nitrogens is 2. The zero-order valence-corrected chi connectivity index (χ0v) is 8.57. The zero-order valence-electron chi connectivity index (χ0n) is 8.57. The SMILES string of the molecule is CCC(=O)Nc1cnc(NC(C)=O)cn1. The molecule has 0 spiro atoms. The Kier molecular flexibility index (Phi) is 3.73. The van der Waals surface area contributed by atoms with Crippen molar-refractivity contribution >= 4 is 23.5 Å². The summed E-state index contributed by atoms with van der Waals surface area (Å²) in [6, 6.07) is 0. The Bertz CT molecular complexity index is 361. The second kappa shape index (κ2) is 5.04. The lowest BCUT2D eigenvalue weighted by molar-refractivity contribution is -0.116. The van der Waals surface area contributed by atoms with Gasteiger partial charge in [0.2, 0.25) is 11.8 Å². The molecular formula is C9H12N4O2. The average Bonchev–Trinajstić information content (AvgIpc) is 2.20. The number of rotatable bonds is 3. The summed E-state index contributed by atoms with van der Waals surface area (Å²) in [5, 5.41) is 5.02. The molecule has 6 heteroatoms. The molecular weight excluding hydrogens is 196 g/mol. The molecule has 0 aromatic carbocycles. The molecule has 80 valence electrons. The van der Waals surface area contributed by atoms with Gasteiger partial charge in [0, 0.05) is 13.3 Å². The van der Waals surface area contributed by atoms with E-state index in [1.807, 2.05) is 0 Å². The number of nitrogens with one attached hydrogen (secondary N) is 2. The molecule has 0 aliphatic carbocycles. The number of amides is 2. The number of carbonyl (C=O) groups excluding carboxylic acids is 2. The number of carbonyl (C=O) groups is 2. The van der Waals surface area contributed by atoms with E-state index in [4.69, 9.17) is 0 Å². The van der Waals surface area contributed by atoms with Crippen molar-refractivity contribution < 1.29 is 9.59 Å². The first-order valence-electron chi connectivity index (χ1n) is 4.51. The predicted molar refractivity (Wildman–Crippen MR) is 55.3 cm³/mol. The summed E-state index contributed by atoms with van der Waals surface area (Å²) in [4.78, 5) is 29.5. The van der Waals surface area contributed by atoms with Gasteiger partial charge in [-0.3, -0.25) is 9.59 Å². The topological polar surface area (TPSA) is 84.0 Å². The molecule has 0 bridgehead atoms. The molecule has 2 N–H and O–H groups in total. The molecule has 6 nitrogen and oxygen atoms in total. The van der Waals surface area contributed by atoms with E-state index in [9.17, 15) is 9.59 Å². The van der Waals surface area contributed by atoms with Crippen molar-refractivity contribution in [2.24, 2.45) is 0 Å². The summed E-state index contributed by atoms with van der Waals surface area (Å²) in [6.45, 7) is 3.13. The highest BCUT2D eigenvalue weighted by Crippen LogP contribution is 2.05. The van der Waals surface area contributed by atoms with Crippen molar-refractivity contribution in [3.05, 3.63) is 12.4 Å². The van der Waals surface area contributed by atoms with E-state index in [-0.39, 0.29) is 11.8 Å². The second-order valence-corrected chi connectivity index (χ2v) is 2.87. The Morgan fingerprint density at radius 1 is 1.20 bits per heavy atom. The number of hydrogen-bond acceptors (Lipinski definition) is 4. The number of anilines is 2. The van der Waals surface area contributed by atoms with Crippen LogP contribution in [-0.4, -0.2) is 21.8 Å². The molecule has 1 aromatic heterocycles. The van der Waals surface area contributed by atoms with Gasteiger partial charge in [-0.25, -0.2) is 9.97 Å². The van der Waals surface area contributed by atoms with Gasteiger partial charge in [-0.1, -0.05) is 6.92 Å². The minimum atomic E-state index is -0.213. The zero-order chi connectivity index (χ0) is 11.3. The van der Waals surface area contributed by atoms with Crippen LogP contribution < -0.4 is 10.6 Å². The molecule has 0 fully saturated rings. The molecule has 0 aliphatic heterocycles. The van der Waals surface area contributed by atoms with Crippen molar-refractivity contribution in [3.8, 4) is 0 Å². The molecule has 15 heavy (non-hydrogen) atoms. The Hall–Kier alpha value is -1.98. The maximum Gasteiger partial charge on any atom is 0.225 e. The summed E-state index contributed by atoms with van der Waals surface area (Å²) >= 11 is 0. The van der Waals surface area contributed by atoms with E-state index in [1.165, 1.54) is 19.3 Å². The molecule has 2 amide bonds. The van der Waals surface area contributed by atoms with Gasteiger partial charge in [0.1, 0.15) is 0 Å². The van der Waals surface area contributed by atoms with Crippen LogP contribution in [0.4, 0.5) is 11.6 Å². The minimum absolute atomic E-state index is 0.128. The van der Waals surface area contributed by atoms with Crippen LogP contribution in [0.5, 0.6) is 0 Å². The van der Waals surface area contributed by atoms with Gasteiger partial charge in [0.05, 0.1) is 12.4 Å². The van der Waals surface area contributed by atoms with E-state index in [2.05, 4.69) is 20.6 Å². The lowest BCUT2D eigenvalue weighted by atomic mass is 10.4. The summed E-state index contributed by atoms with van der Waals surface area (Å²) in [5.41, 5.74) is 0. The number of nitrogens with zero attached hydrogens (tertiary/aromatic N) is 2. The predicted octanol–water partition coefficient (Wildman–Crippen LogP) is 0.783. The largest absolute Gasteiger partial charge is 0.310 e. The highest BCUT2D eigenvalue weighted by atomic mass is 16.2. The Balaban J connectivity index is 2.64. The third-order valence-electron chi connectivity index (χ3n) is 1.54. The highest BCUT2D eigenvalue weighted by molar-refractivity contribution is 5.90. The van der Waals surface area contributed by atoms with Gasteiger partial charge < -0.3 is 10.6 Å². The van der Waals surface area contributed by atoms with Crippen LogP contribution in [0.3, 0.4) is 0 Å². The average molecular weight is 208 g/mol. The smallest absolute Gasteiger partial charge is 0.225 e. The van der Waals surface area contributed by atoms with Gasteiger partial charge >= 0.3 is 0 Å². The van der Waals surface area contributed by atoms with Crippen LogP contribution >= 0.6 is 0 Å². The van der Waals surface area contributed by atoms with E-state index in [0.29, 0.717) is 18.1 Å². The van der Waals surface area contributed by atoms with Gasteiger partial charge in [-0.15, -0.1) is 0 Å². The van der Waals surface area contributed by atoms with E-state index in [1.54, 1.807) is 6.92 Å². The van der Waals surface area contributed by atoms with Crippen molar-refractivity contribution in [2.75, 3.05) is 10.6 Å². The van der Waals surface area contributed by atoms with Crippen molar-refractivity contribution in [1.82, 2.24) is 9.97 Å². The molecule has 0 aliphatic rings. The van der Waals surface area contributed by atoms with Gasteiger partial charge in [-0.2, -0.15) is 0 Å². The first-order valence-corrected chi connectivity index (χ1v) is 4.51. The lowest BCUT2D eigenvalue weighted by Gasteiger charge is -2.03. The quantitative estimate of drug-likeness (QED) is 0.768. The summed E-state index contributed by atoms with van der Waals surface area (Å²) in [6.07, 6.45) is 3.15. The standard InChI is InChI=1S/C9H12N4O2/c1-3-9(15)13-8-5-10-7(4-11-8)12-6(2)14/h4-5H,3H2,1-2H3,(H,10,12,14)(H,11,13,15). The van der Waals surface area contributed by atoms with E-state index in [0.717, 1.165) is 0 Å². The fraction of sp³-hybridized carbons (Fsp3) is 0.333. The highest BCUT2D eigenvalue weighted by Gasteiger charge is 2.01. The fourth-order valence-corrected chi connectivity index (χ4v) is 0.869. The first-order chi connectivity index (χ1) is 7.11. The molecule has 0 atom stereocenters. The molecule has 0 unspecified atom stereocenters. The van der Waals surface area contributed by atoms with Crippen molar-refractivity contribution in [3.63, 3.8) is 0 Å². The van der Waals surface area contributed by atoms with Crippen LogP contribution in [0, 0.1) is 0 Å². The molecule has 0 radical (unpaired) electrons. The van der Waals surface area contributed by atoms with Crippen LogP contribution in [0.25, 0.3) is 0 Å². The van der Waals surface area contributed by atoms with Crippen LogP contribution in [0.15, 0.2) is 12.4 Å². The van der Waals surface area contributed by atoms with Crippen LogP contribution in [-0.2, 0) is 9.59 Å². The van der Waals surface area contributed by atoms with Crippen molar-refractivity contribution in [1.29, 1.82) is 0 Å². The third kappa shape index (κ3) is 3.72. The molecule has 1 aromatic rings. The van der Waals surface area contributed by atoms with E-state index >= 15 is 0 Å². The van der Waals surface area contributed by atoms with Gasteiger partial charge in [-0.05, 0) is 0 Å². The Labute approximate surface area is 87.1 Å². The van der Waals surface area contributed by atoms with Gasteiger partial charge in [0.25, 0.3) is 0 Å². The Morgan fingerprint density at radius 2 is 1.73 bits per heavy atom. The van der Waals surface area contributed by atoms with Crippen LogP contribution in [0.2, 0.25) is 0 Å². The lowest BCUT2D eigenvalue weighted by Crippen LogP contribution is -2.12. The molecule has 1 heterocycles. The van der Waals surface area contributed by atoms with Gasteiger partial charge in [0.15, 0.2) is 11.6 Å². The summed E-state index contributed by atoms with van der Waals surface area (Å²) in [5.74, 6) is 0.388. The first kappa shape index (κ1) is 11.1. The second-order valence-electron chi connectivity index (χ2n) is 2.87. The summed E-state index contributed by atoms with van der Waals surface area (Å²) < 4.78 is 0. The molecule has 0 saturated carbocycles. The monoisotopic (exact) mass is 208 g/mol. The number of hydrogen-bond donors (Lipinski definition) is 2. The third-order valence-corrected chi connectivity index (χ3v) is 1.54. The minimum Gasteiger partial charge on any atom is -0.310 e. The maximum absolute atomic E-state index is 11.0. The van der Waals surface area contributed by atoms with E-state index < -0.39 is 0 Å². The maximum atomic E-state index is 11.0.